The molecule has 2 fully saturated rings. The molecule has 1 amide bonds. The molecule has 0 spiro atoms. The van der Waals surface area contributed by atoms with Gasteiger partial charge in [-0.3, -0.25) is 4.79 Å². The van der Waals surface area contributed by atoms with Crippen molar-refractivity contribution in [2.45, 2.75) is 50.5 Å². The van der Waals surface area contributed by atoms with Gasteiger partial charge >= 0.3 is 0 Å². The van der Waals surface area contributed by atoms with E-state index in [1.54, 1.807) is 42.8 Å². The average Bonchev–Trinajstić information content (AvgIpc) is 3.40. The third-order valence-electron chi connectivity index (χ3n) is 6.25. The number of carbonyl (C=O) groups is 1. The van der Waals surface area contributed by atoms with Gasteiger partial charge in [-0.2, -0.15) is 9.40 Å². The zero-order valence-corrected chi connectivity index (χ0v) is 20.0. The molecular formula is C22H29ClN4O4S. The molecule has 1 aromatic carbocycles. The van der Waals surface area contributed by atoms with E-state index in [0.29, 0.717) is 48.9 Å². The molecule has 1 N–H and O–H groups in total. The van der Waals surface area contributed by atoms with E-state index in [1.165, 1.54) is 4.31 Å². The van der Waals surface area contributed by atoms with E-state index >= 15 is 0 Å². The molecule has 2 aliphatic heterocycles. The van der Waals surface area contributed by atoms with Crippen LogP contribution in [-0.4, -0.2) is 60.8 Å². The SMILES string of the molecule is Cc1nn(-c2ccc(Cl)cc2)c(C)c1S(=O)(=O)N1CCC(C(=O)NC[C@@H]2CCCO2)CC1. The topological polar surface area (TPSA) is 93.5 Å². The van der Waals surface area contributed by atoms with Crippen LogP contribution in [0.25, 0.3) is 5.69 Å². The lowest BCUT2D eigenvalue weighted by atomic mass is 9.97. The van der Waals surface area contributed by atoms with Crippen molar-refractivity contribution in [3.63, 3.8) is 0 Å². The lowest BCUT2D eigenvalue weighted by molar-refractivity contribution is -0.126. The predicted molar refractivity (Wildman–Crippen MR) is 122 cm³/mol. The summed E-state index contributed by atoms with van der Waals surface area (Å²) >= 11 is 5.97. The zero-order valence-electron chi connectivity index (χ0n) is 18.4. The van der Waals surface area contributed by atoms with Gasteiger partial charge in [0.2, 0.25) is 15.9 Å². The summed E-state index contributed by atoms with van der Waals surface area (Å²) in [5, 5.41) is 8.04. The summed E-state index contributed by atoms with van der Waals surface area (Å²) in [5.41, 5.74) is 1.76. The Balaban J connectivity index is 1.43. The second kappa shape index (κ2) is 9.51. The number of nitrogens with zero attached hydrogens (tertiary/aromatic N) is 3. The number of hydrogen-bond donors (Lipinski definition) is 1. The summed E-state index contributed by atoms with van der Waals surface area (Å²) in [5.74, 6) is -0.192. The number of aromatic nitrogens is 2. The minimum Gasteiger partial charge on any atom is -0.376 e. The Hall–Kier alpha value is -1.94. The van der Waals surface area contributed by atoms with E-state index in [-0.39, 0.29) is 22.8 Å². The quantitative estimate of drug-likeness (QED) is 0.686. The van der Waals surface area contributed by atoms with Gasteiger partial charge in [-0.1, -0.05) is 11.6 Å². The number of benzene rings is 1. The maximum absolute atomic E-state index is 13.4. The Morgan fingerprint density at radius 3 is 2.50 bits per heavy atom. The fourth-order valence-corrected chi connectivity index (χ4v) is 6.44. The first-order valence-electron chi connectivity index (χ1n) is 11.0. The standard InChI is InChI=1S/C22H29ClN4O4S/c1-15-21(16(2)27(25-15)19-7-5-18(23)6-8-19)32(29,30)26-11-9-17(10-12-26)22(28)24-14-20-4-3-13-31-20/h5-8,17,20H,3-4,9-14H2,1-2H3,(H,24,28)/t20-/m0/s1. The lowest BCUT2D eigenvalue weighted by Gasteiger charge is -2.30. The van der Waals surface area contributed by atoms with E-state index < -0.39 is 10.0 Å². The summed E-state index contributed by atoms with van der Waals surface area (Å²) < 4.78 is 35.5. The van der Waals surface area contributed by atoms with Crippen LogP contribution in [0.15, 0.2) is 29.2 Å². The normalized spacial score (nSPS) is 20.5. The van der Waals surface area contributed by atoms with E-state index in [1.807, 2.05) is 0 Å². The van der Waals surface area contributed by atoms with Crippen molar-refractivity contribution in [1.29, 1.82) is 0 Å². The van der Waals surface area contributed by atoms with Gasteiger partial charge < -0.3 is 10.1 Å². The molecule has 0 saturated carbocycles. The third kappa shape index (κ3) is 4.71. The largest absolute Gasteiger partial charge is 0.376 e. The van der Waals surface area contributed by atoms with Crippen LogP contribution in [0, 0.1) is 19.8 Å². The molecule has 2 saturated heterocycles. The van der Waals surface area contributed by atoms with Crippen molar-refractivity contribution in [3.8, 4) is 5.69 Å². The Morgan fingerprint density at radius 1 is 1.19 bits per heavy atom. The van der Waals surface area contributed by atoms with Crippen LogP contribution in [0.4, 0.5) is 0 Å². The second-order valence-electron chi connectivity index (χ2n) is 8.45. The van der Waals surface area contributed by atoms with Crippen molar-refractivity contribution < 1.29 is 17.9 Å². The molecule has 0 bridgehead atoms. The first kappa shape index (κ1) is 23.2. The molecule has 0 aliphatic carbocycles. The summed E-state index contributed by atoms with van der Waals surface area (Å²) in [4.78, 5) is 12.7. The molecular weight excluding hydrogens is 452 g/mol. The molecule has 10 heteroatoms. The second-order valence-corrected chi connectivity index (χ2v) is 10.8. The summed E-state index contributed by atoms with van der Waals surface area (Å²) in [6, 6.07) is 7.10. The molecule has 1 atom stereocenters. The van der Waals surface area contributed by atoms with Crippen LogP contribution < -0.4 is 5.32 Å². The van der Waals surface area contributed by atoms with Gasteiger partial charge in [-0.25, -0.2) is 13.1 Å². The van der Waals surface area contributed by atoms with Gasteiger partial charge in [0, 0.05) is 37.2 Å². The van der Waals surface area contributed by atoms with Crippen LogP contribution >= 0.6 is 11.6 Å². The molecule has 8 nitrogen and oxygen atoms in total. The lowest BCUT2D eigenvalue weighted by Crippen LogP contribution is -2.44. The highest BCUT2D eigenvalue weighted by atomic mass is 35.5. The maximum Gasteiger partial charge on any atom is 0.246 e. The van der Waals surface area contributed by atoms with Gasteiger partial charge in [-0.05, 0) is 63.8 Å². The number of halogens is 1. The zero-order chi connectivity index (χ0) is 22.9. The van der Waals surface area contributed by atoms with Crippen molar-refractivity contribution in [1.82, 2.24) is 19.4 Å². The van der Waals surface area contributed by atoms with Crippen LogP contribution in [0.1, 0.15) is 37.1 Å². The number of nitrogens with one attached hydrogen (secondary N) is 1. The Bertz CT molecular complexity index is 1070. The van der Waals surface area contributed by atoms with E-state index in [4.69, 9.17) is 16.3 Å². The Labute approximate surface area is 193 Å². The molecule has 174 valence electrons. The van der Waals surface area contributed by atoms with Crippen molar-refractivity contribution in [2.75, 3.05) is 26.2 Å². The minimum absolute atomic E-state index is 0.0135. The Kier molecular flexibility index (Phi) is 6.90. The maximum atomic E-state index is 13.4. The number of piperidine rings is 1. The van der Waals surface area contributed by atoms with Crippen LogP contribution in [0.2, 0.25) is 5.02 Å². The highest BCUT2D eigenvalue weighted by molar-refractivity contribution is 7.89. The monoisotopic (exact) mass is 480 g/mol. The van der Waals surface area contributed by atoms with Gasteiger partial charge in [0.25, 0.3) is 0 Å². The fraction of sp³-hybridized carbons (Fsp3) is 0.545. The first-order chi connectivity index (χ1) is 15.3. The molecule has 0 radical (unpaired) electrons. The predicted octanol–water partition coefficient (Wildman–Crippen LogP) is 2.84. The summed E-state index contributed by atoms with van der Waals surface area (Å²) in [6.45, 7) is 5.37. The van der Waals surface area contributed by atoms with Crippen LogP contribution in [0.3, 0.4) is 0 Å². The van der Waals surface area contributed by atoms with Gasteiger partial charge in [-0.15, -0.1) is 0 Å². The van der Waals surface area contributed by atoms with Gasteiger partial charge in [0.05, 0.1) is 23.2 Å². The van der Waals surface area contributed by atoms with Crippen molar-refractivity contribution in [2.24, 2.45) is 5.92 Å². The fourth-order valence-electron chi connectivity index (χ4n) is 4.49. The van der Waals surface area contributed by atoms with Crippen molar-refractivity contribution >= 4 is 27.5 Å². The number of hydrogen-bond acceptors (Lipinski definition) is 5. The molecule has 2 aromatic rings. The highest BCUT2D eigenvalue weighted by Crippen LogP contribution is 2.29. The molecule has 2 aliphatic rings. The molecule has 0 unspecified atom stereocenters. The third-order valence-corrected chi connectivity index (χ3v) is 8.65. The van der Waals surface area contributed by atoms with E-state index in [0.717, 1.165) is 25.1 Å². The summed E-state index contributed by atoms with van der Waals surface area (Å²) in [6.07, 6.45) is 3.10. The number of rotatable bonds is 6. The summed E-state index contributed by atoms with van der Waals surface area (Å²) in [7, 11) is -3.72. The molecule has 1 aromatic heterocycles. The van der Waals surface area contributed by atoms with Gasteiger partial charge in [0.15, 0.2) is 0 Å². The van der Waals surface area contributed by atoms with E-state index in [2.05, 4.69) is 10.4 Å². The van der Waals surface area contributed by atoms with Crippen LogP contribution in [0.5, 0.6) is 0 Å². The first-order valence-corrected chi connectivity index (χ1v) is 12.8. The molecule has 32 heavy (non-hydrogen) atoms. The highest BCUT2D eigenvalue weighted by Gasteiger charge is 2.35. The van der Waals surface area contributed by atoms with Crippen molar-refractivity contribution in [3.05, 3.63) is 40.7 Å². The molecule has 3 heterocycles. The number of carbonyl (C=O) groups excluding carboxylic acids is 1. The number of sulfonamides is 1. The smallest absolute Gasteiger partial charge is 0.246 e. The van der Waals surface area contributed by atoms with Crippen LogP contribution in [-0.2, 0) is 19.6 Å². The number of ether oxygens (including phenoxy) is 1. The average molecular weight is 481 g/mol. The molecule has 4 rings (SSSR count). The minimum atomic E-state index is -3.72. The van der Waals surface area contributed by atoms with Gasteiger partial charge in [0.1, 0.15) is 4.90 Å². The Morgan fingerprint density at radius 2 is 1.88 bits per heavy atom. The number of amides is 1. The number of aryl methyl sites for hydroxylation is 1. The van der Waals surface area contributed by atoms with E-state index in [9.17, 15) is 13.2 Å².